The molecular weight excluding hydrogens is 256 g/mol. The molecule has 104 valence electrons. The Morgan fingerprint density at radius 2 is 2.05 bits per heavy atom. The molecule has 3 rings (SSSR count). The summed E-state index contributed by atoms with van der Waals surface area (Å²) in [6.07, 6.45) is 2.75. The monoisotopic (exact) mass is 272 g/mol. The molecule has 0 unspecified atom stereocenters. The predicted molar refractivity (Wildman–Crippen MR) is 71.1 cm³/mol. The lowest BCUT2D eigenvalue weighted by Gasteiger charge is -2.15. The van der Waals surface area contributed by atoms with Crippen molar-refractivity contribution in [3.63, 3.8) is 0 Å². The highest BCUT2D eigenvalue weighted by atomic mass is 16.4. The lowest BCUT2D eigenvalue weighted by Crippen LogP contribution is -2.18. The number of carboxylic acids is 1. The summed E-state index contributed by atoms with van der Waals surface area (Å²) in [7, 11) is 0. The van der Waals surface area contributed by atoms with Gasteiger partial charge in [0.1, 0.15) is 0 Å². The molecule has 0 bridgehead atoms. The summed E-state index contributed by atoms with van der Waals surface area (Å²) in [4.78, 5) is 10.6. The Balaban J connectivity index is 1.81. The van der Waals surface area contributed by atoms with Gasteiger partial charge in [-0.05, 0) is 35.3 Å². The molecule has 1 saturated carbocycles. The van der Waals surface area contributed by atoms with Crippen LogP contribution >= 0.6 is 0 Å². The molecule has 0 atom stereocenters. The maximum absolute atomic E-state index is 10.6. The third-order valence-electron chi connectivity index (χ3n) is 3.80. The van der Waals surface area contributed by atoms with E-state index in [2.05, 4.69) is 27.7 Å². The van der Waals surface area contributed by atoms with Crippen LogP contribution in [0.15, 0.2) is 30.3 Å². The molecule has 0 aliphatic heterocycles. The Labute approximate surface area is 116 Å². The predicted octanol–water partition coefficient (Wildman–Crippen LogP) is 1.62. The van der Waals surface area contributed by atoms with Crippen molar-refractivity contribution in [3.05, 3.63) is 41.7 Å². The second kappa shape index (κ2) is 5.03. The van der Waals surface area contributed by atoms with Crippen LogP contribution in [0.4, 0.5) is 0 Å². The number of hydrogen-bond donors (Lipinski definition) is 1. The molecule has 2 aromatic rings. The number of hydrogen-bond acceptors (Lipinski definition) is 4. The Hall–Kier alpha value is -2.24. The third-order valence-corrected chi connectivity index (χ3v) is 3.80. The van der Waals surface area contributed by atoms with E-state index in [0.29, 0.717) is 13.0 Å². The van der Waals surface area contributed by atoms with E-state index in [1.165, 1.54) is 5.56 Å². The molecule has 1 N–H and O–H groups in total. The summed E-state index contributed by atoms with van der Waals surface area (Å²) in [6.45, 7) is 0.545. The third kappa shape index (κ3) is 2.29. The Morgan fingerprint density at radius 3 is 2.70 bits per heavy atom. The minimum atomic E-state index is -0.788. The summed E-state index contributed by atoms with van der Waals surface area (Å²) in [5.41, 5.74) is 1.16. The van der Waals surface area contributed by atoms with Crippen molar-refractivity contribution in [3.8, 4) is 0 Å². The van der Waals surface area contributed by atoms with Crippen molar-refractivity contribution >= 4 is 5.97 Å². The van der Waals surface area contributed by atoms with Crippen molar-refractivity contribution in [2.75, 3.05) is 0 Å². The zero-order valence-corrected chi connectivity index (χ0v) is 11.1. The van der Waals surface area contributed by atoms with Gasteiger partial charge in [-0.3, -0.25) is 4.79 Å². The first kappa shape index (κ1) is 12.8. The van der Waals surface area contributed by atoms with Gasteiger partial charge in [0, 0.05) is 13.0 Å². The Bertz CT molecular complexity index is 605. The first-order chi connectivity index (χ1) is 9.72. The average Bonchev–Trinajstić information content (AvgIpc) is 3.13. The van der Waals surface area contributed by atoms with E-state index >= 15 is 0 Å². The maximum Gasteiger partial charge on any atom is 0.303 e. The van der Waals surface area contributed by atoms with Crippen LogP contribution in [0, 0.1) is 0 Å². The van der Waals surface area contributed by atoms with Gasteiger partial charge in [0.25, 0.3) is 0 Å². The highest BCUT2D eigenvalue weighted by Gasteiger charge is 2.50. The fourth-order valence-electron chi connectivity index (χ4n) is 2.60. The summed E-state index contributed by atoms with van der Waals surface area (Å²) >= 11 is 0. The van der Waals surface area contributed by atoms with Crippen LogP contribution in [0.5, 0.6) is 0 Å². The molecule has 0 saturated heterocycles. The molecule has 1 heterocycles. The zero-order chi connectivity index (χ0) is 14.0. The van der Waals surface area contributed by atoms with E-state index in [9.17, 15) is 4.79 Å². The molecule has 1 aromatic carbocycles. The van der Waals surface area contributed by atoms with Crippen molar-refractivity contribution < 1.29 is 9.90 Å². The van der Waals surface area contributed by atoms with Crippen molar-refractivity contribution in [2.45, 2.75) is 37.6 Å². The molecule has 6 nitrogen and oxygen atoms in total. The molecule has 20 heavy (non-hydrogen) atoms. The van der Waals surface area contributed by atoms with Gasteiger partial charge in [0.05, 0.1) is 5.41 Å². The van der Waals surface area contributed by atoms with Crippen LogP contribution in [0.2, 0.25) is 0 Å². The normalized spacial score (nSPS) is 16.0. The van der Waals surface area contributed by atoms with E-state index in [4.69, 9.17) is 5.11 Å². The van der Waals surface area contributed by atoms with Gasteiger partial charge in [-0.1, -0.05) is 30.3 Å². The SMILES string of the molecule is O=C(O)CCCn1nnnc1C1(c2ccccc2)CC1. The number of aliphatic carboxylic acids is 1. The Kier molecular flexibility index (Phi) is 3.22. The average molecular weight is 272 g/mol. The van der Waals surface area contributed by atoms with E-state index in [-0.39, 0.29) is 11.8 Å². The number of rotatable bonds is 6. The summed E-state index contributed by atoms with van der Waals surface area (Å²) in [5.74, 6) is 0.0675. The fraction of sp³-hybridized carbons (Fsp3) is 0.429. The second-order valence-corrected chi connectivity index (χ2v) is 5.17. The lowest BCUT2D eigenvalue weighted by atomic mass is 9.95. The standard InChI is InChI=1S/C14H16N4O2/c19-12(20)7-4-10-18-13(15-16-17-18)14(8-9-14)11-5-2-1-3-6-11/h1-3,5-6H,4,7-10H2,(H,19,20). The van der Waals surface area contributed by atoms with E-state index < -0.39 is 5.97 Å². The van der Waals surface area contributed by atoms with Gasteiger partial charge in [-0.15, -0.1) is 5.10 Å². The summed E-state index contributed by atoms with van der Waals surface area (Å²) in [5, 5.41) is 20.7. The Morgan fingerprint density at radius 1 is 1.30 bits per heavy atom. The molecule has 6 heteroatoms. The lowest BCUT2D eigenvalue weighted by molar-refractivity contribution is -0.137. The smallest absolute Gasteiger partial charge is 0.303 e. The minimum Gasteiger partial charge on any atom is -0.481 e. The van der Waals surface area contributed by atoms with Crippen LogP contribution < -0.4 is 0 Å². The number of aromatic nitrogens is 4. The quantitative estimate of drug-likeness (QED) is 0.864. The first-order valence-electron chi connectivity index (χ1n) is 6.76. The molecule has 1 aliphatic carbocycles. The molecular formula is C14H16N4O2. The van der Waals surface area contributed by atoms with Gasteiger partial charge in [0.15, 0.2) is 5.82 Å². The van der Waals surface area contributed by atoms with Gasteiger partial charge < -0.3 is 5.11 Å². The molecule has 0 radical (unpaired) electrons. The molecule has 0 amide bonds. The van der Waals surface area contributed by atoms with E-state index in [1.807, 2.05) is 18.2 Å². The highest BCUT2D eigenvalue weighted by Crippen LogP contribution is 2.52. The van der Waals surface area contributed by atoms with Crippen LogP contribution in [0.1, 0.15) is 37.1 Å². The molecule has 1 aliphatic rings. The summed E-state index contributed by atoms with van der Waals surface area (Å²) in [6, 6.07) is 10.2. The van der Waals surface area contributed by atoms with Crippen LogP contribution in [-0.4, -0.2) is 31.3 Å². The molecule has 1 fully saturated rings. The highest BCUT2D eigenvalue weighted by molar-refractivity contribution is 5.66. The number of benzene rings is 1. The number of aryl methyl sites for hydroxylation is 1. The van der Waals surface area contributed by atoms with Crippen molar-refractivity contribution in [2.24, 2.45) is 0 Å². The second-order valence-electron chi connectivity index (χ2n) is 5.17. The maximum atomic E-state index is 10.6. The van der Waals surface area contributed by atoms with E-state index in [0.717, 1.165) is 18.7 Å². The number of nitrogens with zero attached hydrogens (tertiary/aromatic N) is 4. The largest absolute Gasteiger partial charge is 0.481 e. The van der Waals surface area contributed by atoms with Gasteiger partial charge >= 0.3 is 5.97 Å². The van der Waals surface area contributed by atoms with Crippen LogP contribution in [-0.2, 0) is 16.8 Å². The van der Waals surface area contributed by atoms with E-state index in [1.54, 1.807) is 4.68 Å². The van der Waals surface area contributed by atoms with Crippen molar-refractivity contribution in [1.82, 2.24) is 20.2 Å². The minimum absolute atomic E-state index is 0.0754. The van der Waals surface area contributed by atoms with Crippen LogP contribution in [0.3, 0.4) is 0 Å². The number of tetrazole rings is 1. The molecule has 1 aromatic heterocycles. The summed E-state index contributed by atoms with van der Waals surface area (Å²) < 4.78 is 1.75. The zero-order valence-electron chi connectivity index (χ0n) is 11.1. The first-order valence-corrected chi connectivity index (χ1v) is 6.76. The molecule has 0 spiro atoms. The number of carboxylic acid groups (broad SMARTS) is 1. The van der Waals surface area contributed by atoms with Gasteiger partial charge in [-0.2, -0.15) is 0 Å². The van der Waals surface area contributed by atoms with Gasteiger partial charge in [-0.25, -0.2) is 4.68 Å². The van der Waals surface area contributed by atoms with Crippen LogP contribution in [0.25, 0.3) is 0 Å². The fourth-order valence-corrected chi connectivity index (χ4v) is 2.60. The number of carbonyl (C=O) groups is 1. The van der Waals surface area contributed by atoms with Crippen molar-refractivity contribution in [1.29, 1.82) is 0 Å². The van der Waals surface area contributed by atoms with Gasteiger partial charge in [0.2, 0.25) is 0 Å². The topological polar surface area (TPSA) is 80.9 Å².